The Morgan fingerprint density at radius 2 is 1.63 bits per heavy atom. The van der Waals surface area contributed by atoms with Crippen molar-refractivity contribution in [1.82, 2.24) is 0 Å². The maximum absolute atomic E-state index is 13.5. The largest absolute Gasteiger partial charge is 0.497 e. The summed E-state index contributed by atoms with van der Waals surface area (Å²) in [6.45, 7) is 3.19. The highest BCUT2D eigenvalue weighted by molar-refractivity contribution is 6.11. The molecule has 3 aromatic carbocycles. The highest BCUT2D eigenvalue weighted by Gasteiger charge is 2.26. The maximum atomic E-state index is 13.5. The molecule has 2 N–H and O–H groups in total. The van der Waals surface area contributed by atoms with E-state index >= 15 is 0 Å². The minimum Gasteiger partial charge on any atom is -0.497 e. The number of rotatable bonds is 8. The fourth-order valence-electron chi connectivity index (χ4n) is 3.74. The summed E-state index contributed by atoms with van der Waals surface area (Å²) < 4.78 is 16.8. The highest BCUT2D eigenvalue weighted by Crippen LogP contribution is 2.40. The number of hydrogen-bond donors (Lipinski definition) is 2. The average molecular weight is 472 g/mol. The fourth-order valence-corrected chi connectivity index (χ4v) is 3.74. The van der Waals surface area contributed by atoms with Gasteiger partial charge in [0.25, 0.3) is 5.91 Å². The Kier molecular flexibility index (Phi) is 6.87. The van der Waals surface area contributed by atoms with Crippen LogP contribution in [-0.2, 0) is 4.79 Å². The highest BCUT2D eigenvalue weighted by atomic mass is 16.5. The van der Waals surface area contributed by atoms with E-state index in [0.29, 0.717) is 39.8 Å². The number of amides is 1. The van der Waals surface area contributed by atoms with Gasteiger partial charge in [0, 0.05) is 22.9 Å². The number of aliphatic carboxylic acids is 1. The second kappa shape index (κ2) is 10.2. The number of nitrogens with one attached hydrogen (secondary N) is 1. The average Bonchev–Trinajstić information content (AvgIpc) is 3.22. The Balaban J connectivity index is 1.73. The predicted octanol–water partition coefficient (Wildman–Crippen LogP) is 6.03. The number of anilines is 1. The number of ether oxygens (including phenoxy) is 2. The van der Waals surface area contributed by atoms with Crippen molar-refractivity contribution in [2.75, 3.05) is 12.4 Å². The van der Waals surface area contributed by atoms with E-state index in [1.807, 2.05) is 54.6 Å². The van der Waals surface area contributed by atoms with Gasteiger partial charge in [-0.05, 0) is 43.7 Å². The zero-order valence-corrected chi connectivity index (χ0v) is 19.6. The van der Waals surface area contributed by atoms with Gasteiger partial charge in [0.05, 0.1) is 12.7 Å². The van der Waals surface area contributed by atoms with E-state index < -0.39 is 12.1 Å². The van der Waals surface area contributed by atoms with E-state index in [9.17, 15) is 9.59 Å². The van der Waals surface area contributed by atoms with Crippen molar-refractivity contribution in [3.63, 3.8) is 0 Å². The lowest BCUT2D eigenvalue weighted by atomic mass is 9.96. The van der Waals surface area contributed by atoms with Crippen LogP contribution in [-0.4, -0.2) is 30.2 Å². The van der Waals surface area contributed by atoms with Crippen LogP contribution >= 0.6 is 0 Å². The number of furan rings is 1. The number of benzene rings is 3. The lowest BCUT2D eigenvalue weighted by Gasteiger charge is -2.12. The van der Waals surface area contributed by atoms with Crippen molar-refractivity contribution in [2.24, 2.45) is 0 Å². The Bertz CT molecular complexity index is 1340. The monoisotopic (exact) mass is 471 g/mol. The van der Waals surface area contributed by atoms with Crippen molar-refractivity contribution in [3.05, 3.63) is 90.2 Å². The number of aryl methyl sites for hydroxylation is 1. The maximum Gasteiger partial charge on any atom is 0.344 e. The van der Waals surface area contributed by atoms with Gasteiger partial charge in [-0.15, -0.1) is 0 Å². The van der Waals surface area contributed by atoms with Crippen LogP contribution < -0.4 is 14.8 Å². The first kappa shape index (κ1) is 23.6. The molecule has 0 spiro atoms. The number of methoxy groups -OCH3 is 1. The van der Waals surface area contributed by atoms with E-state index in [-0.39, 0.29) is 5.91 Å². The smallest absolute Gasteiger partial charge is 0.344 e. The zero-order chi connectivity index (χ0) is 24.9. The number of carbonyl (C=O) groups excluding carboxylic acids is 1. The molecule has 35 heavy (non-hydrogen) atoms. The molecule has 178 valence electrons. The number of carboxylic acid groups (broad SMARTS) is 1. The van der Waals surface area contributed by atoms with Crippen LogP contribution in [0.5, 0.6) is 11.5 Å². The van der Waals surface area contributed by atoms with Crippen molar-refractivity contribution < 1.29 is 28.6 Å². The summed E-state index contributed by atoms with van der Waals surface area (Å²) in [6, 6.07) is 23.6. The van der Waals surface area contributed by atoms with Crippen LogP contribution in [0.1, 0.15) is 23.0 Å². The molecule has 7 heteroatoms. The molecule has 0 aliphatic heterocycles. The molecule has 0 saturated carbocycles. The molecule has 1 unspecified atom stereocenters. The molecule has 1 heterocycles. The third-order valence-corrected chi connectivity index (χ3v) is 5.48. The Hall–Kier alpha value is -4.52. The van der Waals surface area contributed by atoms with Gasteiger partial charge in [-0.3, -0.25) is 4.79 Å². The second-order valence-electron chi connectivity index (χ2n) is 7.91. The summed E-state index contributed by atoms with van der Waals surface area (Å²) in [5, 5.41) is 12.0. The van der Waals surface area contributed by atoms with E-state index in [2.05, 4.69) is 5.32 Å². The lowest BCUT2D eigenvalue weighted by molar-refractivity contribution is -0.144. The van der Waals surface area contributed by atoms with Crippen molar-refractivity contribution in [1.29, 1.82) is 0 Å². The first-order valence-corrected chi connectivity index (χ1v) is 11.0. The summed E-state index contributed by atoms with van der Waals surface area (Å²) >= 11 is 0. The van der Waals surface area contributed by atoms with Gasteiger partial charge in [0.1, 0.15) is 23.0 Å². The van der Waals surface area contributed by atoms with Crippen LogP contribution in [0.4, 0.5) is 5.69 Å². The Morgan fingerprint density at radius 3 is 2.29 bits per heavy atom. The van der Waals surface area contributed by atoms with E-state index in [1.165, 1.54) is 6.92 Å². The molecule has 1 aromatic heterocycles. The quantitative estimate of drug-likeness (QED) is 0.325. The van der Waals surface area contributed by atoms with Gasteiger partial charge in [-0.2, -0.15) is 0 Å². The minimum atomic E-state index is -1.08. The van der Waals surface area contributed by atoms with Gasteiger partial charge in [0.2, 0.25) is 0 Å². The van der Waals surface area contributed by atoms with Gasteiger partial charge in [0.15, 0.2) is 6.10 Å². The van der Waals surface area contributed by atoms with Gasteiger partial charge in [-0.25, -0.2) is 4.79 Å². The molecular weight excluding hydrogens is 446 g/mol. The molecule has 0 aliphatic rings. The summed E-state index contributed by atoms with van der Waals surface area (Å²) in [4.78, 5) is 24.6. The van der Waals surface area contributed by atoms with Crippen LogP contribution in [0.2, 0.25) is 0 Å². The van der Waals surface area contributed by atoms with Crippen LogP contribution in [0.25, 0.3) is 22.5 Å². The summed E-state index contributed by atoms with van der Waals surface area (Å²) in [7, 11) is 1.60. The molecule has 0 saturated heterocycles. The van der Waals surface area contributed by atoms with Gasteiger partial charge < -0.3 is 24.3 Å². The van der Waals surface area contributed by atoms with Crippen molar-refractivity contribution in [2.45, 2.75) is 20.0 Å². The lowest BCUT2D eigenvalue weighted by Crippen LogP contribution is -2.23. The molecule has 0 aliphatic carbocycles. The standard InChI is InChI=1S/C28H25NO6/c1-17-24(27(30)29-21-10-7-11-23(16-21)34-18(2)28(31)32)25(19-12-14-22(33-3)15-13-19)26(35-17)20-8-5-4-6-9-20/h4-16,18H,1-3H3,(H,29,30)(H,31,32). The Labute approximate surface area is 202 Å². The van der Waals surface area contributed by atoms with E-state index in [0.717, 1.165) is 11.1 Å². The van der Waals surface area contributed by atoms with E-state index in [4.69, 9.17) is 19.0 Å². The van der Waals surface area contributed by atoms with Crippen molar-refractivity contribution in [3.8, 4) is 33.9 Å². The molecule has 0 fully saturated rings. The SMILES string of the molecule is COc1ccc(-c2c(-c3ccccc3)oc(C)c2C(=O)Nc2cccc(OC(C)C(=O)O)c2)cc1. The molecule has 1 atom stereocenters. The normalized spacial score (nSPS) is 11.5. The van der Waals surface area contributed by atoms with Crippen molar-refractivity contribution >= 4 is 17.6 Å². The topological polar surface area (TPSA) is 98.0 Å². The summed E-state index contributed by atoms with van der Waals surface area (Å²) in [6.07, 6.45) is -1.02. The third kappa shape index (κ3) is 5.19. The predicted molar refractivity (Wildman–Crippen MR) is 133 cm³/mol. The second-order valence-corrected chi connectivity index (χ2v) is 7.91. The van der Waals surface area contributed by atoms with Gasteiger partial charge >= 0.3 is 5.97 Å². The number of carboxylic acids is 1. The summed E-state index contributed by atoms with van der Waals surface area (Å²) in [5.41, 5.74) is 3.19. The van der Waals surface area contributed by atoms with Gasteiger partial charge in [-0.1, -0.05) is 48.5 Å². The zero-order valence-electron chi connectivity index (χ0n) is 19.6. The third-order valence-electron chi connectivity index (χ3n) is 5.48. The molecule has 0 radical (unpaired) electrons. The summed E-state index contributed by atoms with van der Waals surface area (Å²) in [5.74, 6) is 0.661. The number of hydrogen-bond acceptors (Lipinski definition) is 5. The molecule has 0 bridgehead atoms. The minimum absolute atomic E-state index is 0.335. The Morgan fingerprint density at radius 1 is 0.914 bits per heavy atom. The first-order chi connectivity index (χ1) is 16.9. The molecular formula is C28H25NO6. The number of carbonyl (C=O) groups is 2. The fraction of sp³-hybridized carbons (Fsp3) is 0.143. The molecule has 7 nitrogen and oxygen atoms in total. The van der Waals surface area contributed by atoms with E-state index in [1.54, 1.807) is 38.3 Å². The molecule has 4 rings (SSSR count). The first-order valence-electron chi connectivity index (χ1n) is 11.0. The van der Waals surface area contributed by atoms with Crippen LogP contribution in [0.15, 0.2) is 83.3 Å². The van der Waals surface area contributed by atoms with Crippen LogP contribution in [0.3, 0.4) is 0 Å². The molecule has 4 aromatic rings. The van der Waals surface area contributed by atoms with Crippen LogP contribution in [0, 0.1) is 6.92 Å². The molecule has 1 amide bonds.